The van der Waals surface area contributed by atoms with E-state index >= 15 is 0 Å². The quantitative estimate of drug-likeness (QED) is 0.665. The Morgan fingerprint density at radius 3 is 1.80 bits per heavy atom. The van der Waals surface area contributed by atoms with Crippen LogP contribution in [-0.4, -0.2) is 11.6 Å². The third-order valence-electron chi connectivity index (χ3n) is 3.42. The highest BCUT2D eigenvalue weighted by atomic mass is 16.6. The van der Waals surface area contributed by atoms with Crippen molar-refractivity contribution in [1.82, 2.24) is 0 Å². The maximum Gasteiger partial charge on any atom is 0.309 e. The van der Waals surface area contributed by atoms with Crippen LogP contribution in [0.3, 0.4) is 0 Å². The normalized spacial score (nSPS) is 14.9. The fourth-order valence-corrected chi connectivity index (χ4v) is 1.54. The van der Waals surface area contributed by atoms with Crippen LogP contribution >= 0.6 is 0 Å². The maximum absolute atomic E-state index is 11.9. The predicted octanol–water partition coefficient (Wildman–Crippen LogP) is 3.79. The zero-order valence-corrected chi connectivity index (χ0v) is 11.3. The van der Waals surface area contributed by atoms with Crippen LogP contribution in [-0.2, 0) is 9.53 Å². The molecular weight excluding hydrogens is 188 g/mol. The molecule has 1 atom stereocenters. The molecule has 0 fully saturated rings. The summed E-state index contributed by atoms with van der Waals surface area (Å²) in [5.74, 6) is -0.111. The minimum absolute atomic E-state index is 0.0354. The second-order valence-corrected chi connectivity index (χ2v) is 5.62. The Hall–Kier alpha value is -0.530. The second kappa shape index (κ2) is 5.00. The molecule has 0 saturated carbocycles. The molecule has 0 aromatic carbocycles. The highest BCUT2D eigenvalue weighted by Crippen LogP contribution is 2.35. The molecule has 0 aliphatic rings. The van der Waals surface area contributed by atoms with Gasteiger partial charge in [-0.3, -0.25) is 4.79 Å². The zero-order chi connectivity index (χ0) is 12.3. The topological polar surface area (TPSA) is 26.3 Å². The summed E-state index contributed by atoms with van der Waals surface area (Å²) in [4.78, 5) is 11.9. The van der Waals surface area contributed by atoms with E-state index in [9.17, 15) is 4.79 Å². The number of rotatable bonds is 4. The van der Waals surface area contributed by atoms with E-state index in [-0.39, 0.29) is 22.9 Å². The minimum atomic E-state index is -0.381. The van der Waals surface area contributed by atoms with E-state index in [0.29, 0.717) is 0 Å². The fraction of sp³-hybridized carbons (Fsp3) is 0.923. The Kier molecular flexibility index (Phi) is 4.82. The van der Waals surface area contributed by atoms with Crippen LogP contribution in [0, 0.1) is 11.3 Å². The average molecular weight is 214 g/mol. The van der Waals surface area contributed by atoms with Crippen molar-refractivity contribution in [1.29, 1.82) is 0 Å². The average Bonchev–Trinajstić information content (AvgIpc) is 2.12. The smallest absolute Gasteiger partial charge is 0.309 e. The van der Waals surface area contributed by atoms with Gasteiger partial charge in [-0.15, -0.1) is 0 Å². The van der Waals surface area contributed by atoms with E-state index < -0.39 is 0 Å². The molecule has 0 heterocycles. The van der Waals surface area contributed by atoms with Crippen molar-refractivity contribution in [3.05, 3.63) is 0 Å². The van der Waals surface area contributed by atoms with Gasteiger partial charge in [-0.25, -0.2) is 0 Å². The number of carbonyl (C=O) groups excluding carboxylic acids is 1. The molecule has 0 amide bonds. The number of carbonyl (C=O) groups is 1. The van der Waals surface area contributed by atoms with Crippen molar-refractivity contribution in [3.8, 4) is 0 Å². The van der Waals surface area contributed by atoms with Crippen LogP contribution in [0.4, 0.5) is 0 Å². The monoisotopic (exact) mass is 214 g/mol. The van der Waals surface area contributed by atoms with E-state index in [0.717, 1.165) is 12.8 Å². The molecule has 2 nitrogen and oxygen atoms in total. The van der Waals surface area contributed by atoms with Crippen molar-refractivity contribution in [2.24, 2.45) is 11.3 Å². The zero-order valence-electron chi connectivity index (χ0n) is 11.3. The van der Waals surface area contributed by atoms with E-state index in [1.54, 1.807) is 0 Å². The van der Waals surface area contributed by atoms with E-state index in [1.165, 1.54) is 0 Å². The van der Waals surface area contributed by atoms with Crippen LogP contribution in [0.1, 0.15) is 61.3 Å². The van der Waals surface area contributed by atoms with E-state index in [1.807, 2.05) is 27.7 Å². The fourth-order valence-electron chi connectivity index (χ4n) is 1.54. The summed E-state index contributed by atoms with van der Waals surface area (Å²) in [6.07, 6.45) is 2.01. The van der Waals surface area contributed by atoms with Crippen molar-refractivity contribution in [3.63, 3.8) is 0 Å². The maximum atomic E-state index is 11.9. The molecule has 0 radical (unpaired) electrons. The van der Waals surface area contributed by atoms with Gasteiger partial charge >= 0.3 is 5.97 Å². The molecule has 90 valence electrons. The first kappa shape index (κ1) is 14.5. The van der Waals surface area contributed by atoms with Gasteiger partial charge in [0, 0.05) is 0 Å². The molecule has 2 heteroatoms. The Morgan fingerprint density at radius 2 is 1.53 bits per heavy atom. The molecule has 0 bridgehead atoms. The Morgan fingerprint density at radius 1 is 1.13 bits per heavy atom. The van der Waals surface area contributed by atoms with Crippen molar-refractivity contribution >= 4 is 5.97 Å². The first-order valence-electron chi connectivity index (χ1n) is 5.89. The van der Waals surface area contributed by atoms with Gasteiger partial charge in [0.05, 0.1) is 5.92 Å². The lowest BCUT2D eigenvalue weighted by Gasteiger charge is -2.34. The number of hydrogen-bond acceptors (Lipinski definition) is 2. The first-order valence-corrected chi connectivity index (χ1v) is 5.89. The van der Waals surface area contributed by atoms with Crippen LogP contribution in [0.2, 0.25) is 0 Å². The second-order valence-electron chi connectivity index (χ2n) is 5.62. The molecule has 1 unspecified atom stereocenters. The van der Waals surface area contributed by atoms with Gasteiger partial charge in [0.15, 0.2) is 0 Å². The van der Waals surface area contributed by atoms with Gasteiger partial charge in [0.25, 0.3) is 0 Å². The van der Waals surface area contributed by atoms with Crippen molar-refractivity contribution in [2.45, 2.75) is 66.9 Å². The van der Waals surface area contributed by atoms with E-state index in [4.69, 9.17) is 4.74 Å². The highest BCUT2D eigenvalue weighted by Gasteiger charge is 2.35. The Labute approximate surface area is 94.4 Å². The van der Waals surface area contributed by atoms with Gasteiger partial charge in [0.1, 0.15) is 5.60 Å². The lowest BCUT2D eigenvalue weighted by atomic mass is 9.74. The lowest BCUT2D eigenvalue weighted by Crippen LogP contribution is -2.35. The molecule has 15 heavy (non-hydrogen) atoms. The summed E-state index contributed by atoms with van der Waals surface area (Å²) < 4.78 is 5.41. The molecule has 0 spiro atoms. The third kappa shape index (κ3) is 4.23. The molecule has 0 aliphatic carbocycles. The van der Waals surface area contributed by atoms with Crippen molar-refractivity contribution < 1.29 is 9.53 Å². The molecule has 0 aromatic rings. The van der Waals surface area contributed by atoms with Crippen LogP contribution in [0.15, 0.2) is 0 Å². The molecule has 0 aliphatic heterocycles. The van der Waals surface area contributed by atoms with Gasteiger partial charge in [-0.1, -0.05) is 27.7 Å². The Bertz CT molecular complexity index is 209. The van der Waals surface area contributed by atoms with Gasteiger partial charge in [0.2, 0.25) is 0 Å². The van der Waals surface area contributed by atoms with E-state index in [2.05, 4.69) is 20.8 Å². The highest BCUT2D eigenvalue weighted by molar-refractivity contribution is 5.73. The third-order valence-corrected chi connectivity index (χ3v) is 3.42. The summed E-state index contributed by atoms with van der Waals surface area (Å²) in [6, 6.07) is 0. The van der Waals surface area contributed by atoms with Gasteiger partial charge in [-0.2, -0.15) is 0 Å². The van der Waals surface area contributed by atoms with Crippen LogP contribution < -0.4 is 0 Å². The SMILES string of the molecule is CCC(C)(CC)C(C)C(=O)OC(C)(C)C. The summed E-state index contributed by atoms with van der Waals surface area (Å²) >= 11 is 0. The summed E-state index contributed by atoms with van der Waals surface area (Å²) in [7, 11) is 0. The van der Waals surface area contributed by atoms with Gasteiger partial charge < -0.3 is 4.74 Å². The van der Waals surface area contributed by atoms with Crippen LogP contribution in [0.25, 0.3) is 0 Å². The molecule has 0 saturated heterocycles. The molecular formula is C13H26O2. The molecule has 0 rings (SSSR count). The summed E-state index contributed by atoms with van der Waals surface area (Å²) in [6.45, 7) is 14.1. The number of esters is 1. The summed E-state index contributed by atoms with van der Waals surface area (Å²) in [5, 5.41) is 0. The predicted molar refractivity (Wildman–Crippen MR) is 63.7 cm³/mol. The lowest BCUT2D eigenvalue weighted by molar-refractivity contribution is -0.164. The molecule has 0 N–H and O–H groups in total. The number of ether oxygens (including phenoxy) is 1. The van der Waals surface area contributed by atoms with Crippen molar-refractivity contribution in [2.75, 3.05) is 0 Å². The van der Waals surface area contributed by atoms with Crippen LogP contribution in [0.5, 0.6) is 0 Å². The standard InChI is InChI=1S/C13H26O2/c1-8-13(7,9-2)10(3)11(14)15-12(4,5)6/h10H,8-9H2,1-7H3. The number of hydrogen-bond donors (Lipinski definition) is 0. The first-order chi connectivity index (χ1) is 6.66. The Balaban J connectivity index is 4.57. The minimum Gasteiger partial charge on any atom is -0.460 e. The van der Waals surface area contributed by atoms with Gasteiger partial charge in [-0.05, 0) is 39.0 Å². The largest absolute Gasteiger partial charge is 0.460 e. The summed E-state index contributed by atoms with van der Waals surface area (Å²) in [5.41, 5.74) is -0.323. The molecule has 0 aromatic heterocycles.